The maximum atomic E-state index is 2.89. The first-order chi connectivity index (χ1) is 27.0. The molecule has 3 aliphatic heterocycles. The molecule has 0 aromatic heterocycles. The lowest BCUT2D eigenvalue weighted by Crippen LogP contribution is -2.50. The smallest absolute Gasteiger partial charge is 0.0235 e. The summed E-state index contributed by atoms with van der Waals surface area (Å²) in [5.41, 5.74) is 4.66. The molecule has 0 radical (unpaired) electrons. The van der Waals surface area contributed by atoms with E-state index in [0.29, 0.717) is 0 Å². The molecule has 0 aliphatic carbocycles. The number of unbranched alkanes of at least 4 members (excludes halogenated alkanes) is 13. The molecule has 0 bridgehead atoms. The van der Waals surface area contributed by atoms with Crippen LogP contribution in [0.1, 0.15) is 180 Å². The summed E-state index contributed by atoms with van der Waals surface area (Å²) in [6, 6.07) is 9.31. The lowest BCUT2D eigenvalue weighted by atomic mass is 9.99. The summed E-state index contributed by atoms with van der Waals surface area (Å²) in [6.45, 7) is 31.2. The van der Waals surface area contributed by atoms with Gasteiger partial charge in [-0.05, 0) is 55.8 Å². The first-order valence-electron chi connectivity index (χ1n) is 24.5. The minimum absolute atomic E-state index is 0.730. The van der Waals surface area contributed by atoms with Gasteiger partial charge in [-0.3, -0.25) is 24.5 Å². The van der Waals surface area contributed by atoms with Gasteiger partial charge in [-0.1, -0.05) is 149 Å². The second-order valence-corrected chi connectivity index (χ2v) is 18.4. The zero-order chi connectivity index (χ0) is 38.9. The van der Waals surface area contributed by atoms with Gasteiger partial charge in [-0.15, -0.1) is 0 Å². The zero-order valence-electron chi connectivity index (χ0n) is 37.5. The molecule has 0 spiro atoms. The number of hydrogen-bond acceptors (Lipinski definition) is 6. The highest BCUT2D eigenvalue weighted by molar-refractivity contribution is 5.31. The topological polar surface area (TPSA) is 19.4 Å². The monoisotopic (exact) mass is 765 g/mol. The second kappa shape index (κ2) is 28.4. The largest absolute Gasteiger partial charge is 0.301 e. The lowest BCUT2D eigenvalue weighted by molar-refractivity contribution is 0.0817. The van der Waals surface area contributed by atoms with Gasteiger partial charge in [0.2, 0.25) is 0 Å². The Morgan fingerprint density at radius 2 is 0.727 bits per heavy atom. The van der Waals surface area contributed by atoms with Gasteiger partial charge in [0.1, 0.15) is 0 Å². The van der Waals surface area contributed by atoms with Crippen molar-refractivity contribution < 1.29 is 0 Å². The van der Waals surface area contributed by atoms with Crippen molar-refractivity contribution in [1.82, 2.24) is 29.4 Å². The molecular formula is C49H92N6. The van der Waals surface area contributed by atoms with E-state index in [1.54, 1.807) is 16.7 Å². The van der Waals surface area contributed by atoms with E-state index in [2.05, 4.69) is 82.2 Å². The third kappa shape index (κ3) is 18.6. The first-order valence-corrected chi connectivity index (χ1v) is 24.5. The van der Waals surface area contributed by atoms with Crippen molar-refractivity contribution in [2.45, 2.75) is 195 Å². The van der Waals surface area contributed by atoms with Crippen LogP contribution in [0.25, 0.3) is 0 Å². The summed E-state index contributed by atoms with van der Waals surface area (Å²) in [7, 11) is 0. The maximum absolute atomic E-state index is 2.89. The highest BCUT2D eigenvalue weighted by atomic mass is 15.3. The summed E-state index contributed by atoms with van der Waals surface area (Å²) in [5, 5.41) is 0. The third-order valence-electron chi connectivity index (χ3n) is 13.6. The Balaban J connectivity index is 1.33. The summed E-state index contributed by atoms with van der Waals surface area (Å²) in [6.07, 6.45) is 27.8. The molecule has 3 fully saturated rings. The van der Waals surface area contributed by atoms with Crippen LogP contribution in [0.15, 0.2) is 18.2 Å². The zero-order valence-corrected chi connectivity index (χ0v) is 37.5. The summed E-state index contributed by atoms with van der Waals surface area (Å²) >= 11 is 0. The standard InChI is InChI=1S/C49H92N6/c1-6-10-14-17-20-23-45(5)54-35-31-52(32-36-54)43-47-39-46(42-51-29-27-50(28-30-51)26-22-16-12-8-3)40-48(41-47)44-53-33-37-55(38-34-53)49(24-19-13-9-4)25-21-18-15-11-7-2/h39-41,45,49H,6-38,42-44H2,1-5H3. The molecule has 3 aliphatic rings. The Morgan fingerprint density at radius 1 is 0.382 bits per heavy atom. The van der Waals surface area contributed by atoms with Gasteiger partial charge in [0.25, 0.3) is 0 Å². The molecule has 3 saturated heterocycles. The van der Waals surface area contributed by atoms with E-state index in [9.17, 15) is 0 Å². The molecule has 0 amide bonds. The van der Waals surface area contributed by atoms with Crippen LogP contribution in [0.3, 0.4) is 0 Å². The van der Waals surface area contributed by atoms with Crippen LogP contribution in [-0.2, 0) is 19.6 Å². The van der Waals surface area contributed by atoms with Crippen LogP contribution < -0.4 is 0 Å². The number of rotatable bonds is 29. The van der Waals surface area contributed by atoms with Crippen molar-refractivity contribution in [2.75, 3.05) is 85.1 Å². The summed E-state index contributed by atoms with van der Waals surface area (Å²) in [4.78, 5) is 16.7. The average molecular weight is 765 g/mol. The minimum atomic E-state index is 0.730. The molecule has 1 aromatic carbocycles. The van der Waals surface area contributed by atoms with Crippen molar-refractivity contribution in [3.8, 4) is 0 Å². The predicted octanol–water partition coefficient (Wildman–Crippen LogP) is 10.7. The van der Waals surface area contributed by atoms with E-state index in [1.807, 2.05) is 0 Å². The van der Waals surface area contributed by atoms with E-state index in [4.69, 9.17) is 0 Å². The fourth-order valence-corrected chi connectivity index (χ4v) is 9.82. The van der Waals surface area contributed by atoms with Gasteiger partial charge in [-0.2, -0.15) is 0 Å². The number of hydrogen-bond donors (Lipinski definition) is 0. The molecule has 0 N–H and O–H groups in total. The fraction of sp³-hybridized carbons (Fsp3) is 0.878. The van der Waals surface area contributed by atoms with Gasteiger partial charge in [0, 0.05) is 110 Å². The minimum Gasteiger partial charge on any atom is -0.301 e. The molecule has 318 valence electrons. The van der Waals surface area contributed by atoms with Crippen LogP contribution in [0.5, 0.6) is 0 Å². The maximum Gasteiger partial charge on any atom is 0.0235 e. The Bertz CT molecular complexity index is 1070. The Labute approximate surface area is 343 Å². The molecule has 0 saturated carbocycles. The third-order valence-corrected chi connectivity index (χ3v) is 13.6. The summed E-state index contributed by atoms with van der Waals surface area (Å²) in [5.74, 6) is 0. The van der Waals surface area contributed by atoms with E-state index >= 15 is 0 Å². The average Bonchev–Trinajstić information content (AvgIpc) is 3.20. The molecule has 55 heavy (non-hydrogen) atoms. The molecule has 4 rings (SSSR count). The van der Waals surface area contributed by atoms with Crippen molar-refractivity contribution >= 4 is 0 Å². The SMILES string of the molecule is CCCCCCCC(C)N1CCN(Cc2cc(CN3CCN(CCCCCC)CC3)cc(CN3CCN(C(CCCCC)CCCCCCC)CC3)c2)CC1. The second-order valence-electron chi connectivity index (χ2n) is 18.4. The molecule has 6 heteroatoms. The molecule has 3 heterocycles. The number of benzene rings is 1. The van der Waals surface area contributed by atoms with Crippen LogP contribution in [0, 0.1) is 0 Å². The van der Waals surface area contributed by atoms with E-state index < -0.39 is 0 Å². The van der Waals surface area contributed by atoms with Crippen LogP contribution in [0.2, 0.25) is 0 Å². The van der Waals surface area contributed by atoms with Crippen LogP contribution in [0.4, 0.5) is 0 Å². The Hall–Kier alpha value is -1.02. The van der Waals surface area contributed by atoms with E-state index in [-0.39, 0.29) is 0 Å². The van der Waals surface area contributed by atoms with E-state index in [0.717, 1.165) is 31.7 Å². The van der Waals surface area contributed by atoms with Crippen LogP contribution >= 0.6 is 0 Å². The number of piperazine rings is 3. The lowest BCUT2D eigenvalue weighted by Gasteiger charge is -2.40. The van der Waals surface area contributed by atoms with Crippen LogP contribution in [-0.4, -0.2) is 127 Å². The van der Waals surface area contributed by atoms with Crippen molar-refractivity contribution in [2.24, 2.45) is 0 Å². The van der Waals surface area contributed by atoms with Crippen molar-refractivity contribution in [1.29, 1.82) is 0 Å². The van der Waals surface area contributed by atoms with E-state index in [1.165, 1.54) is 213 Å². The fourth-order valence-electron chi connectivity index (χ4n) is 9.82. The van der Waals surface area contributed by atoms with Gasteiger partial charge in [0.05, 0.1) is 0 Å². The van der Waals surface area contributed by atoms with Gasteiger partial charge < -0.3 is 4.90 Å². The molecular weight excluding hydrogens is 673 g/mol. The number of nitrogens with zero attached hydrogens (tertiary/aromatic N) is 6. The molecule has 6 nitrogen and oxygen atoms in total. The first kappa shape index (κ1) is 46.7. The quantitative estimate of drug-likeness (QED) is 0.0752. The van der Waals surface area contributed by atoms with Gasteiger partial charge in [0.15, 0.2) is 0 Å². The highest BCUT2D eigenvalue weighted by Crippen LogP contribution is 2.23. The van der Waals surface area contributed by atoms with Gasteiger partial charge >= 0.3 is 0 Å². The predicted molar refractivity (Wildman–Crippen MR) is 240 cm³/mol. The molecule has 2 atom stereocenters. The normalized spacial score (nSPS) is 20.0. The summed E-state index contributed by atoms with van der Waals surface area (Å²) < 4.78 is 0. The Kier molecular flexibility index (Phi) is 24.1. The highest BCUT2D eigenvalue weighted by Gasteiger charge is 2.25. The van der Waals surface area contributed by atoms with Gasteiger partial charge in [-0.25, -0.2) is 0 Å². The molecule has 1 aromatic rings. The Morgan fingerprint density at radius 3 is 1.20 bits per heavy atom. The van der Waals surface area contributed by atoms with Crippen molar-refractivity contribution in [3.63, 3.8) is 0 Å². The van der Waals surface area contributed by atoms with Crippen molar-refractivity contribution in [3.05, 3.63) is 34.9 Å². The molecule has 2 unspecified atom stereocenters.